The van der Waals surface area contributed by atoms with E-state index >= 15 is 0 Å². The van der Waals surface area contributed by atoms with Crippen molar-refractivity contribution in [3.63, 3.8) is 0 Å². The first kappa shape index (κ1) is 19.4. The van der Waals surface area contributed by atoms with Crippen LogP contribution in [0, 0.1) is 0 Å². The normalized spacial score (nSPS) is 22.4. The predicted octanol–water partition coefficient (Wildman–Crippen LogP) is 2.02. The molecule has 158 valence electrons. The third kappa shape index (κ3) is 3.28. The van der Waals surface area contributed by atoms with Gasteiger partial charge in [0, 0.05) is 18.2 Å². The Kier molecular flexibility index (Phi) is 4.78. The quantitative estimate of drug-likeness (QED) is 0.537. The average Bonchev–Trinajstić information content (AvgIpc) is 3.57. The van der Waals surface area contributed by atoms with Gasteiger partial charge in [-0.1, -0.05) is 30.3 Å². The van der Waals surface area contributed by atoms with E-state index in [4.69, 9.17) is 4.42 Å². The topological polar surface area (TPSA) is 120 Å². The zero-order valence-electron chi connectivity index (χ0n) is 16.3. The van der Waals surface area contributed by atoms with E-state index in [1.807, 2.05) is 30.3 Å². The van der Waals surface area contributed by atoms with Gasteiger partial charge >= 0.3 is 0 Å². The fourth-order valence-corrected chi connectivity index (χ4v) is 5.75. The number of fused-ring (bicyclic) bond motifs is 1. The molecule has 1 aromatic carbocycles. The minimum Gasteiger partial charge on any atom is -0.463 e. The van der Waals surface area contributed by atoms with Crippen LogP contribution in [0.15, 0.2) is 59.2 Å². The molecule has 4 heterocycles. The van der Waals surface area contributed by atoms with Crippen molar-refractivity contribution in [1.82, 2.24) is 25.9 Å². The summed E-state index contributed by atoms with van der Waals surface area (Å²) >= 11 is 1.59. The molecule has 2 saturated heterocycles. The van der Waals surface area contributed by atoms with E-state index in [-0.39, 0.29) is 11.6 Å². The Labute approximate surface area is 181 Å². The maximum atomic E-state index is 12.9. The summed E-state index contributed by atoms with van der Waals surface area (Å²) < 4.78 is 5.26. The molecular formula is C21H19N5O4S. The Morgan fingerprint density at radius 2 is 2.03 bits per heavy atom. The van der Waals surface area contributed by atoms with Crippen LogP contribution in [0.1, 0.15) is 28.9 Å². The number of rotatable bonds is 4. The molecule has 0 spiro atoms. The van der Waals surface area contributed by atoms with Gasteiger partial charge in [-0.15, -0.1) is 11.8 Å². The average molecular weight is 437 g/mol. The predicted molar refractivity (Wildman–Crippen MR) is 112 cm³/mol. The van der Waals surface area contributed by atoms with Crippen LogP contribution < -0.4 is 10.9 Å². The molecular weight excluding hydrogens is 418 g/mol. The molecule has 0 saturated carbocycles. The highest BCUT2D eigenvalue weighted by Crippen LogP contribution is 2.54. The molecule has 3 aromatic rings. The minimum atomic E-state index is -0.668. The molecule has 31 heavy (non-hydrogen) atoms. The van der Waals surface area contributed by atoms with Crippen LogP contribution in [0.2, 0.25) is 0 Å². The smallest absolute Gasteiger partial charge is 0.290 e. The zero-order chi connectivity index (χ0) is 21.4. The number of aromatic amines is 1. The van der Waals surface area contributed by atoms with Gasteiger partial charge in [0.05, 0.1) is 6.26 Å². The number of thioether (sulfide) groups is 1. The van der Waals surface area contributed by atoms with Gasteiger partial charge in [-0.05, 0) is 24.1 Å². The van der Waals surface area contributed by atoms with Crippen molar-refractivity contribution in [3.05, 3.63) is 66.1 Å². The number of carbonyl (C=O) groups excluding carboxylic acids is 3. The number of nitrogens with zero attached hydrogens (tertiary/aromatic N) is 2. The first-order chi connectivity index (χ1) is 15.1. The van der Waals surface area contributed by atoms with Crippen LogP contribution in [-0.4, -0.2) is 44.6 Å². The number of H-pyrrole nitrogens is 1. The molecule has 0 radical (unpaired) electrons. The Morgan fingerprint density at radius 3 is 2.81 bits per heavy atom. The van der Waals surface area contributed by atoms with E-state index in [2.05, 4.69) is 21.0 Å². The van der Waals surface area contributed by atoms with Crippen LogP contribution in [0.3, 0.4) is 0 Å². The SMILES string of the molecule is O=C(NNC(=O)C1CSC2(c3ccccc3)CCC(=O)N12)c1cc(-c2ccco2)[nH]n1. The lowest BCUT2D eigenvalue weighted by molar-refractivity contribution is -0.138. The summed E-state index contributed by atoms with van der Waals surface area (Å²) in [6.07, 6.45) is 2.56. The number of carbonyl (C=O) groups is 3. The van der Waals surface area contributed by atoms with Gasteiger partial charge in [-0.2, -0.15) is 5.10 Å². The van der Waals surface area contributed by atoms with Crippen LogP contribution >= 0.6 is 11.8 Å². The van der Waals surface area contributed by atoms with E-state index in [0.717, 1.165) is 5.56 Å². The summed E-state index contributed by atoms with van der Waals surface area (Å²) in [5.41, 5.74) is 6.48. The van der Waals surface area contributed by atoms with Crippen molar-refractivity contribution in [1.29, 1.82) is 0 Å². The highest BCUT2D eigenvalue weighted by Gasteiger charge is 2.56. The van der Waals surface area contributed by atoms with Crippen LogP contribution in [0.4, 0.5) is 0 Å². The first-order valence-corrected chi connectivity index (χ1v) is 10.8. The molecule has 2 aliphatic rings. The molecule has 2 aliphatic heterocycles. The summed E-state index contributed by atoms with van der Waals surface area (Å²) in [5.74, 6) is -0.0715. The summed E-state index contributed by atoms with van der Waals surface area (Å²) in [6, 6.07) is 14.1. The maximum absolute atomic E-state index is 12.9. The van der Waals surface area contributed by atoms with Gasteiger partial charge in [0.2, 0.25) is 5.91 Å². The van der Waals surface area contributed by atoms with Crippen molar-refractivity contribution in [2.24, 2.45) is 0 Å². The number of aromatic nitrogens is 2. The molecule has 9 nitrogen and oxygen atoms in total. The van der Waals surface area contributed by atoms with Crippen LogP contribution in [-0.2, 0) is 14.5 Å². The molecule has 3 amide bonds. The molecule has 2 atom stereocenters. The number of nitrogens with one attached hydrogen (secondary N) is 3. The Bertz CT molecular complexity index is 1130. The third-order valence-electron chi connectivity index (χ3n) is 5.55. The summed E-state index contributed by atoms with van der Waals surface area (Å²) in [6.45, 7) is 0. The standard InChI is InChI=1S/C21H19N5O4S/c27-18-8-9-21(13-5-2-1-3-6-13)26(18)16(12-31-21)20(29)25-24-19(28)15-11-14(22-23-15)17-7-4-10-30-17/h1-7,10-11,16H,8-9,12H2,(H,22,23)(H,24,28)(H,25,29). The molecule has 2 unspecified atom stereocenters. The first-order valence-electron chi connectivity index (χ1n) is 9.80. The lowest BCUT2D eigenvalue weighted by atomic mass is 10.0. The number of amides is 3. The highest BCUT2D eigenvalue weighted by atomic mass is 32.2. The van der Waals surface area contributed by atoms with Crippen molar-refractivity contribution >= 4 is 29.5 Å². The van der Waals surface area contributed by atoms with E-state index in [1.54, 1.807) is 28.8 Å². The fourth-order valence-electron chi connectivity index (χ4n) is 4.10. The van der Waals surface area contributed by atoms with Gasteiger partial charge in [-0.3, -0.25) is 30.3 Å². The largest absolute Gasteiger partial charge is 0.463 e. The van der Waals surface area contributed by atoms with Crippen LogP contribution in [0.25, 0.3) is 11.5 Å². The van der Waals surface area contributed by atoms with E-state index in [9.17, 15) is 14.4 Å². The lowest BCUT2D eigenvalue weighted by Crippen LogP contribution is -2.54. The van der Waals surface area contributed by atoms with Gasteiger partial charge in [0.15, 0.2) is 11.5 Å². The van der Waals surface area contributed by atoms with E-state index < -0.39 is 22.7 Å². The van der Waals surface area contributed by atoms with Crippen molar-refractivity contribution in [2.75, 3.05) is 5.75 Å². The third-order valence-corrected chi connectivity index (χ3v) is 7.15. The molecule has 10 heteroatoms. The fraction of sp³-hybridized carbons (Fsp3) is 0.238. The molecule has 0 aliphatic carbocycles. The zero-order valence-corrected chi connectivity index (χ0v) is 17.1. The van der Waals surface area contributed by atoms with E-state index in [0.29, 0.717) is 30.0 Å². The minimum absolute atomic E-state index is 0.0595. The Balaban J connectivity index is 1.27. The summed E-state index contributed by atoms with van der Waals surface area (Å²) in [4.78, 5) is 39.0. The maximum Gasteiger partial charge on any atom is 0.290 e. The number of hydrogen-bond donors (Lipinski definition) is 3. The van der Waals surface area contributed by atoms with Gasteiger partial charge in [0.25, 0.3) is 11.8 Å². The second-order valence-electron chi connectivity index (χ2n) is 7.33. The number of furan rings is 1. The second-order valence-corrected chi connectivity index (χ2v) is 8.63. The molecule has 0 bridgehead atoms. The Morgan fingerprint density at radius 1 is 1.19 bits per heavy atom. The van der Waals surface area contributed by atoms with Gasteiger partial charge < -0.3 is 9.32 Å². The summed E-state index contributed by atoms with van der Waals surface area (Å²) in [5, 5.41) is 6.66. The lowest BCUT2D eigenvalue weighted by Gasteiger charge is -2.33. The number of hydrazine groups is 1. The summed E-state index contributed by atoms with van der Waals surface area (Å²) in [7, 11) is 0. The number of hydrogen-bond acceptors (Lipinski definition) is 6. The highest BCUT2D eigenvalue weighted by molar-refractivity contribution is 8.00. The molecule has 2 aromatic heterocycles. The van der Waals surface area contributed by atoms with Crippen molar-refractivity contribution < 1.29 is 18.8 Å². The molecule has 3 N–H and O–H groups in total. The molecule has 5 rings (SSSR count). The van der Waals surface area contributed by atoms with E-state index in [1.165, 1.54) is 12.3 Å². The van der Waals surface area contributed by atoms with Gasteiger partial charge in [0.1, 0.15) is 16.6 Å². The number of benzene rings is 1. The Hall–Kier alpha value is -3.53. The van der Waals surface area contributed by atoms with Crippen molar-refractivity contribution in [3.8, 4) is 11.5 Å². The second kappa shape index (κ2) is 7.62. The van der Waals surface area contributed by atoms with Gasteiger partial charge in [-0.25, -0.2) is 0 Å². The van der Waals surface area contributed by atoms with Crippen LogP contribution in [0.5, 0.6) is 0 Å². The molecule has 2 fully saturated rings. The monoisotopic (exact) mass is 437 g/mol. The van der Waals surface area contributed by atoms with Crippen molar-refractivity contribution in [2.45, 2.75) is 23.8 Å².